The largest absolute Gasteiger partial charge is 0.497 e. The van der Waals surface area contributed by atoms with Gasteiger partial charge in [-0.3, -0.25) is 4.79 Å². The molecule has 1 aromatic carbocycles. The summed E-state index contributed by atoms with van der Waals surface area (Å²) < 4.78 is 10.2. The number of carbonyl (C=O) groups excluding carboxylic acids is 1. The first kappa shape index (κ1) is 15.1. The van der Waals surface area contributed by atoms with Crippen LogP contribution in [0.25, 0.3) is 11.0 Å². The standard InChI is InChI=1S/C16H11ClN2O4/c1-22-11-4-2-9-6-12(16(21)23-13(9)7-11)15(20)19-14-5-3-10(17)8-18-14/h2-8H,1H3,(H,18,19,20). The van der Waals surface area contributed by atoms with Crippen molar-refractivity contribution in [3.8, 4) is 5.75 Å². The summed E-state index contributed by atoms with van der Waals surface area (Å²) in [6, 6.07) is 9.58. The summed E-state index contributed by atoms with van der Waals surface area (Å²) in [7, 11) is 1.51. The third kappa shape index (κ3) is 3.17. The maximum Gasteiger partial charge on any atom is 0.349 e. The lowest BCUT2D eigenvalue weighted by molar-refractivity contribution is 0.102. The van der Waals surface area contributed by atoms with E-state index in [-0.39, 0.29) is 11.4 Å². The number of nitrogens with one attached hydrogen (secondary N) is 1. The number of nitrogens with zero attached hydrogens (tertiary/aromatic N) is 1. The zero-order valence-electron chi connectivity index (χ0n) is 12.0. The molecule has 2 aromatic heterocycles. The molecule has 0 aliphatic carbocycles. The molecule has 116 valence electrons. The second-order valence-corrected chi connectivity index (χ2v) is 5.10. The van der Waals surface area contributed by atoms with Gasteiger partial charge in [-0.1, -0.05) is 11.6 Å². The third-order valence-corrected chi connectivity index (χ3v) is 3.38. The van der Waals surface area contributed by atoms with Gasteiger partial charge in [0.2, 0.25) is 0 Å². The summed E-state index contributed by atoms with van der Waals surface area (Å²) in [5.41, 5.74) is -0.507. The number of ether oxygens (including phenoxy) is 1. The second-order valence-electron chi connectivity index (χ2n) is 4.67. The Kier molecular flexibility index (Phi) is 3.99. The van der Waals surface area contributed by atoms with Crippen LogP contribution < -0.4 is 15.7 Å². The van der Waals surface area contributed by atoms with Crippen molar-refractivity contribution in [1.82, 2.24) is 4.98 Å². The van der Waals surface area contributed by atoms with Crippen molar-refractivity contribution in [2.75, 3.05) is 12.4 Å². The van der Waals surface area contributed by atoms with E-state index >= 15 is 0 Å². The van der Waals surface area contributed by atoms with Crippen LogP contribution in [-0.2, 0) is 0 Å². The third-order valence-electron chi connectivity index (χ3n) is 3.16. The summed E-state index contributed by atoms with van der Waals surface area (Å²) in [6.45, 7) is 0. The van der Waals surface area contributed by atoms with Crippen molar-refractivity contribution in [1.29, 1.82) is 0 Å². The number of methoxy groups -OCH3 is 1. The van der Waals surface area contributed by atoms with E-state index in [2.05, 4.69) is 10.3 Å². The highest BCUT2D eigenvalue weighted by Gasteiger charge is 2.14. The summed E-state index contributed by atoms with van der Waals surface area (Å²) >= 11 is 5.73. The maximum absolute atomic E-state index is 12.2. The fourth-order valence-corrected chi connectivity index (χ4v) is 2.12. The molecule has 0 unspecified atom stereocenters. The minimum Gasteiger partial charge on any atom is -0.497 e. The predicted octanol–water partition coefficient (Wildman–Crippen LogP) is 3.10. The van der Waals surface area contributed by atoms with Gasteiger partial charge in [0.25, 0.3) is 5.91 Å². The minimum absolute atomic E-state index is 0.112. The van der Waals surface area contributed by atoms with Crippen LogP contribution in [-0.4, -0.2) is 18.0 Å². The normalized spacial score (nSPS) is 10.5. The van der Waals surface area contributed by atoms with E-state index in [1.165, 1.54) is 25.4 Å². The van der Waals surface area contributed by atoms with Crippen LogP contribution in [0.5, 0.6) is 5.75 Å². The maximum atomic E-state index is 12.2. The molecule has 6 nitrogen and oxygen atoms in total. The molecular formula is C16H11ClN2O4. The molecule has 2 heterocycles. The Balaban J connectivity index is 1.95. The van der Waals surface area contributed by atoms with Gasteiger partial charge in [0.15, 0.2) is 0 Å². The van der Waals surface area contributed by atoms with Crippen molar-refractivity contribution in [3.63, 3.8) is 0 Å². The molecule has 3 rings (SSSR count). The van der Waals surface area contributed by atoms with Gasteiger partial charge in [-0.05, 0) is 30.3 Å². The number of anilines is 1. The molecule has 0 aliphatic rings. The fraction of sp³-hybridized carbons (Fsp3) is 0.0625. The summed E-state index contributed by atoms with van der Waals surface area (Å²) in [4.78, 5) is 28.2. The minimum atomic E-state index is -0.739. The van der Waals surface area contributed by atoms with E-state index in [1.54, 1.807) is 24.3 Å². The van der Waals surface area contributed by atoms with Crippen molar-refractivity contribution >= 4 is 34.3 Å². The van der Waals surface area contributed by atoms with Gasteiger partial charge in [-0.15, -0.1) is 0 Å². The van der Waals surface area contributed by atoms with Gasteiger partial charge < -0.3 is 14.5 Å². The molecule has 3 aromatic rings. The van der Waals surface area contributed by atoms with Crippen LogP contribution in [0, 0.1) is 0 Å². The number of halogens is 1. The monoisotopic (exact) mass is 330 g/mol. The van der Waals surface area contributed by atoms with Gasteiger partial charge in [-0.2, -0.15) is 0 Å². The highest BCUT2D eigenvalue weighted by molar-refractivity contribution is 6.30. The van der Waals surface area contributed by atoms with Crippen LogP contribution in [0.2, 0.25) is 5.02 Å². The molecule has 1 N–H and O–H groups in total. The Bertz CT molecular complexity index is 935. The van der Waals surface area contributed by atoms with E-state index in [9.17, 15) is 9.59 Å². The topological polar surface area (TPSA) is 81.4 Å². The van der Waals surface area contributed by atoms with Crippen molar-refractivity contribution < 1.29 is 13.9 Å². The first-order chi connectivity index (χ1) is 11.1. The van der Waals surface area contributed by atoms with Gasteiger partial charge in [0, 0.05) is 17.6 Å². The summed E-state index contributed by atoms with van der Waals surface area (Å²) in [5.74, 6) is 0.239. The van der Waals surface area contributed by atoms with E-state index in [0.717, 1.165) is 0 Å². The molecule has 0 atom stereocenters. The number of benzene rings is 1. The Morgan fingerprint density at radius 3 is 2.78 bits per heavy atom. The SMILES string of the molecule is COc1ccc2cc(C(=O)Nc3ccc(Cl)cn3)c(=O)oc2c1. The number of fused-ring (bicyclic) bond motifs is 1. The van der Waals surface area contributed by atoms with E-state index in [1.807, 2.05) is 0 Å². The first-order valence-corrected chi connectivity index (χ1v) is 6.99. The van der Waals surface area contributed by atoms with E-state index in [4.69, 9.17) is 20.8 Å². The molecule has 0 radical (unpaired) electrons. The van der Waals surface area contributed by atoms with Gasteiger partial charge in [0.1, 0.15) is 22.7 Å². The Labute approximate surface area is 135 Å². The average Bonchev–Trinajstić information content (AvgIpc) is 2.55. The number of aromatic nitrogens is 1. The van der Waals surface area contributed by atoms with Crippen LogP contribution in [0.15, 0.2) is 51.8 Å². The smallest absolute Gasteiger partial charge is 0.349 e. The van der Waals surface area contributed by atoms with Gasteiger partial charge in [-0.25, -0.2) is 9.78 Å². The molecule has 0 aliphatic heterocycles. The highest BCUT2D eigenvalue weighted by Crippen LogP contribution is 2.20. The zero-order valence-corrected chi connectivity index (χ0v) is 12.8. The van der Waals surface area contributed by atoms with Crippen LogP contribution in [0.1, 0.15) is 10.4 Å². The van der Waals surface area contributed by atoms with Crippen LogP contribution in [0.4, 0.5) is 5.82 Å². The molecular weight excluding hydrogens is 320 g/mol. The molecule has 0 bridgehead atoms. The molecule has 23 heavy (non-hydrogen) atoms. The molecule has 1 amide bonds. The fourth-order valence-electron chi connectivity index (χ4n) is 2.01. The van der Waals surface area contributed by atoms with Crippen LogP contribution in [0.3, 0.4) is 0 Å². The Morgan fingerprint density at radius 1 is 1.26 bits per heavy atom. The van der Waals surface area contributed by atoms with E-state index in [0.29, 0.717) is 21.7 Å². The number of rotatable bonds is 3. The highest BCUT2D eigenvalue weighted by atomic mass is 35.5. The van der Waals surface area contributed by atoms with Gasteiger partial charge in [0.05, 0.1) is 12.1 Å². The van der Waals surface area contributed by atoms with Crippen molar-refractivity contribution in [3.05, 3.63) is 63.6 Å². The lowest BCUT2D eigenvalue weighted by Gasteiger charge is -2.05. The molecule has 0 saturated carbocycles. The molecule has 0 saturated heterocycles. The lowest BCUT2D eigenvalue weighted by Crippen LogP contribution is -2.21. The Morgan fingerprint density at radius 2 is 2.09 bits per heavy atom. The van der Waals surface area contributed by atoms with Crippen molar-refractivity contribution in [2.45, 2.75) is 0 Å². The number of amides is 1. The summed E-state index contributed by atoms with van der Waals surface area (Å²) in [5, 5.41) is 3.58. The van der Waals surface area contributed by atoms with Crippen LogP contribution >= 0.6 is 11.6 Å². The van der Waals surface area contributed by atoms with E-state index < -0.39 is 11.5 Å². The quantitative estimate of drug-likeness (QED) is 0.746. The molecule has 7 heteroatoms. The number of hydrogen-bond donors (Lipinski definition) is 1. The number of pyridine rings is 1. The van der Waals surface area contributed by atoms with Crippen molar-refractivity contribution in [2.24, 2.45) is 0 Å². The predicted molar refractivity (Wildman–Crippen MR) is 86.2 cm³/mol. The number of carbonyl (C=O) groups is 1. The molecule has 0 spiro atoms. The zero-order chi connectivity index (χ0) is 16.4. The number of hydrogen-bond acceptors (Lipinski definition) is 5. The van der Waals surface area contributed by atoms with Gasteiger partial charge >= 0.3 is 5.63 Å². The average molecular weight is 331 g/mol. The Hall–Kier alpha value is -2.86. The molecule has 0 fully saturated rings. The lowest BCUT2D eigenvalue weighted by atomic mass is 10.1. The second kappa shape index (κ2) is 6.10. The first-order valence-electron chi connectivity index (χ1n) is 6.61. The summed E-state index contributed by atoms with van der Waals surface area (Å²) in [6.07, 6.45) is 1.40.